The van der Waals surface area contributed by atoms with E-state index in [2.05, 4.69) is 23.7 Å². The summed E-state index contributed by atoms with van der Waals surface area (Å²) < 4.78 is 5.14. The molecule has 0 amide bonds. The molecule has 0 saturated heterocycles. The van der Waals surface area contributed by atoms with Crippen molar-refractivity contribution >= 4 is 16.5 Å². The first kappa shape index (κ1) is 13.8. The molecule has 0 aliphatic heterocycles. The second kappa shape index (κ2) is 5.99. The van der Waals surface area contributed by atoms with Crippen LogP contribution < -0.4 is 4.90 Å². The van der Waals surface area contributed by atoms with Gasteiger partial charge in [0.25, 0.3) is 0 Å². The van der Waals surface area contributed by atoms with Crippen molar-refractivity contribution in [3.63, 3.8) is 0 Å². The molecule has 1 aliphatic carbocycles. The lowest BCUT2D eigenvalue weighted by Crippen LogP contribution is -2.29. The van der Waals surface area contributed by atoms with Crippen molar-refractivity contribution in [1.82, 2.24) is 4.98 Å². The van der Waals surface area contributed by atoms with Crippen molar-refractivity contribution in [1.29, 1.82) is 0 Å². The van der Waals surface area contributed by atoms with E-state index >= 15 is 0 Å². The van der Waals surface area contributed by atoms with Crippen molar-refractivity contribution < 1.29 is 9.84 Å². The van der Waals surface area contributed by atoms with Crippen LogP contribution in [0.3, 0.4) is 0 Å². The SMILES string of the molecule is COCc1nc(N(CC(C)C)C2CC2)sc1CO. The number of methoxy groups -OCH3 is 1. The molecule has 1 aromatic rings. The second-order valence-corrected chi connectivity index (χ2v) is 6.30. The molecule has 1 aromatic heterocycles. The Morgan fingerprint density at radius 1 is 1.50 bits per heavy atom. The number of ether oxygens (including phenoxy) is 1. The van der Waals surface area contributed by atoms with Crippen LogP contribution in [0.2, 0.25) is 0 Å². The van der Waals surface area contributed by atoms with Crippen LogP contribution >= 0.6 is 11.3 Å². The highest BCUT2D eigenvalue weighted by Gasteiger charge is 2.31. The third-order valence-corrected chi connectivity index (χ3v) is 4.11. The molecular formula is C13H22N2O2S. The lowest BCUT2D eigenvalue weighted by atomic mass is 10.2. The van der Waals surface area contributed by atoms with E-state index in [1.54, 1.807) is 18.4 Å². The van der Waals surface area contributed by atoms with Gasteiger partial charge in [0.1, 0.15) is 0 Å². The quantitative estimate of drug-likeness (QED) is 0.826. The van der Waals surface area contributed by atoms with E-state index in [-0.39, 0.29) is 6.61 Å². The molecule has 0 atom stereocenters. The zero-order chi connectivity index (χ0) is 13.1. The van der Waals surface area contributed by atoms with Crippen LogP contribution in [0, 0.1) is 5.92 Å². The fourth-order valence-electron chi connectivity index (χ4n) is 2.03. The van der Waals surface area contributed by atoms with Crippen LogP contribution in [0.25, 0.3) is 0 Å². The van der Waals surface area contributed by atoms with E-state index in [0.29, 0.717) is 18.6 Å². The summed E-state index contributed by atoms with van der Waals surface area (Å²) in [6, 6.07) is 0.653. The Bertz CT molecular complexity index is 388. The summed E-state index contributed by atoms with van der Waals surface area (Å²) >= 11 is 1.60. The van der Waals surface area contributed by atoms with Gasteiger partial charge in [0.15, 0.2) is 5.13 Å². The first-order valence-electron chi connectivity index (χ1n) is 6.50. The number of hydrogen-bond acceptors (Lipinski definition) is 5. The van der Waals surface area contributed by atoms with Crippen LogP contribution in [0.1, 0.15) is 37.3 Å². The zero-order valence-electron chi connectivity index (χ0n) is 11.3. The fraction of sp³-hybridized carbons (Fsp3) is 0.769. The molecule has 1 fully saturated rings. The van der Waals surface area contributed by atoms with Gasteiger partial charge < -0.3 is 14.7 Å². The number of thiazole rings is 1. The number of nitrogens with zero attached hydrogens (tertiary/aromatic N) is 2. The summed E-state index contributed by atoms with van der Waals surface area (Å²) in [6.07, 6.45) is 2.53. The third kappa shape index (κ3) is 3.22. The van der Waals surface area contributed by atoms with Gasteiger partial charge in [-0.05, 0) is 18.8 Å². The van der Waals surface area contributed by atoms with Gasteiger partial charge in [0.2, 0.25) is 0 Å². The maximum atomic E-state index is 9.37. The molecule has 0 spiro atoms. The first-order chi connectivity index (χ1) is 8.65. The molecule has 2 rings (SSSR count). The van der Waals surface area contributed by atoms with E-state index in [9.17, 15) is 5.11 Å². The van der Waals surface area contributed by atoms with Crippen molar-refractivity contribution in [2.45, 2.75) is 45.9 Å². The van der Waals surface area contributed by atoms with Gasteiger partial charge in [0, 0.05) is 19.7 Å². The van der Waals surface area contributed by atoms with Gasteiger partial charge >= 0.3 is 0 Å². The Morgan fingerprint density at radius 3 is 2.72 bits per heavy atom. The maximum absolute atomic E-state index is 9.37. The molecule has 1 N–H and O–H groups in total. The van der Waals surface area contributed by atoms with Crippen molar-refractivity contribution in [2.75, 3.05) is 18.6 Å². The average molecular weight is 270 g/mol. The lowest BCUT2D eigenvalue weighted by molar-refractivity contribution is 0.179. The van der Waals surface area contributed by atoms with Crippen LogP contribution in [0.15, 0.2) is 0 Å². The predicted octanol–water partition coefficient (Wildman–Crippen LogP) is 2.41. The van der Waals surface area contributed by atoms with Gasteiger partial charge in [-0.2, -0.15) is 0 Å². The minimum Gasteiger partial charge on any atom is -0.391 e. The molecule has 0 aromatic carbocycles. The van der Waals surface area contributed by atoms with E-state index in [4.69, 9.17) is 4.74 Å². The summed E-state index contributed by atoms with van der Waals surface area (Å²) in [5.41, 5.74) is 0.884. The standard InChI is InChI=1S/C13H22N2O2S/c1-9(2)6-15(10-4-5-10)13-14-11(8-17-3)12(7-16)18-13/h9-10,16H,4-8H2,1-3H3. The van der Waals surface area contributed by atoms with E-state index in [1.807, 2.05) is 0 Å². The summed E-state index contributed by atoms with van der Waals surface area (Å²) in [5.74, 6) is 0.623. The molecular weight excluding hydrogens is 248 g/mol. The molecule has 102 valence electrons. The fourth-order valence-corrected chi connectivity index (χ4v) is 3.03. The summed E-state index contributed by atoms with van der Waals surface area (Å²) in [5, 5.41) is 10.4. The molecule has 1 saturated carbocycles. The smallest absolute Gasteiger partial charge is 0.186 e. The van der Waals surface area contributed by atoms with Crippen LogP contribution in [0.4, 0.5) is 5.13 Å². The van der Waals surface area contributed by atoms with Gasteiger partial charge in [0.05, 0.1) is 23.8 Å². The number of aliphatic hydroxyl groups excluding tert-OH is 1. The normalized spacial score (nSPS) is 15.4. The minimum atomic E-state index is 0.0521. The van der Waals surface area contributed by atoms with E-state index in [1.165, 1.54) is 12.8 Å². The summed E-state index contributed by atoms with van der Waals surface area (Å²) in [7, 11) is 1.66. The van der Waals surface area contributed by atoms with Gasteiger partial charge in [-0.3, -0.25) is 0 Å². The Hall–Kier alpha value is -0.650. The van der Waals surface area contributed by atoms with E-state index in [0.717, 1.165) is 22.2 Å². The van der Waals surface area contributed by atoms with Gasteiger partial charge in [-0.25, -0.2) is 4.98 Å². The Labute approximate surface area is 113 Å². The number of aliphatic hydroxyl groups is 1. The molecule has 1 heterocycles. The van der Waals surface area contributed by atoms with Crippen molar-refractivity contribution in [3.05, 3.63) is 10.6 Å². The van der Waals surface area contributed by atoms with Gasteiger partial charge in [-0.1, -0.05) is 25.2 Å². The number of aromatic nitrogens is 1. The van der Waals surface area contributed by atoms with Crippen molar-refractivity contribution in [3.8, 4) is 0 Å². The van der Waals surface area contributed by atoms with Crippen LogP contribution in [-0.2, 0) is 18.0 Å². The number of anilines is 1. The Balaban J connectivity index is 2.18. The molecule has 5 heteroatoms. The second-order valence-electron chi connectivity index (χ2n) is 5.23. The molecule has 1 aliphatic rings. The zero-order valence-corrected chi connectivity index (χ0v) is 12.2. The van der Waals surface area contributed by atoms with Crippen molar-refractivity contribution in [2.24, 2.45) is 5.92 Å². The van der Waals surface area contributed by atoms with E-state index < -0.39 is 0 Å². The topological polar surface area (TPSA) is 45.6 Å². The summed E-state index contributed by atoms with van der Waals surface area (Å²) in [6.45, 7) is 6.02. The monoisotopic (exact) mass is 270 g/mol. The lowest BCUT2D eigenvalue weighted by Gasteiger charge is -2.23. The molecule has 0 unspecified atom stereocenters. The number of rotatable bonds is 7. The highest BCUT2D eigenvalue weighted by molar-refractivity contribution is 7.15. The highest BCUT2D eigenvalue weighted by Crippen LogP contribution is 2.36. The van der Waals surface area contributed by atoms with Crippen LogP contribution in [-0.4, -0.2) is 29.8 Å². The van der Waals surface area contributed by atoms with Crippen LogP contribution in [0.5, 0.6) is 0 Å². The minimum absolute atomic E-state index is 0.0521. The summed E-state index contributed by atoms with van der Waals surface area (Å²) in [4.78, 5) is 7.97. The molecule has 0 radical (unpaired) electrons. The molecule has 4 nitrogen and oxygen atoms in total. The Morgan fingerprint density at radius 2 is 2.22 bits per heavy atom. The average Bonchev–Trinajstić information content (AvgIpc) is 3.08. The highest BCUT2D eigenvalue weighted by atomic mass is 32.1. The first-order valence-corrected chi connectivity index (χ1v) is 7.32. The molecule has 18 heavy (non-hydrogen) atoms. The molecule has 0 bridgehead atoms. The number of hydrogen-bond donors (Lipinski definition) is 1. The Kier molecular flexibility index (Phi) is 4.59. The third-order valence-electron chi connectivity index (χ3n) is 2.99. The predicted molar refractivity (Wildman–Crippen MR) is 74.0 cm³/mol. The largest absolute Gasteiger partial charge is 0.391 e. The van der Waals surface area contributed by atoms with Gasteiger partial charge in [-0.15, -0.1) is 0 Å². The maximum Gasteiger partial charge on any atom is 0.186 e.